The quantitative estimate of drug-likeness (QED) is 0.740. The van der Waals surface area contributed by atoms with E-state index in [1.807, 2.05) is 0 Å². The Bertz CT molecular complexity index is 286. The van der Waals surface area contributed by atoms with Crippen molar-refractivity contribution in [2.24, 2.45) is 5.92 Å². The number of aryl methyl sites for hydroxylation is 1. The zero-order chi connectivity index (χ0) is 9.26. The van der Waals surface area contributed by atoms with Gasteiger partial charge in [-0.3, -0.25) is 5.10 Å². The first kappa shape index (κ1) is 8.79. The predicted molar refractivity (Wildman–Crippen MR) is 53.8 cm³/mol. The normalized spacial score (nSPS) is 16.2. The molecule has 2 heteroatoms. The molecule has 0 spiro atoms. The van der Waals surface area contributed by atoms with Crippen LogP contribution < -0.4 is 0 Å². The number of rotatable bonds is 2. The second-order valence-corrected chi connectivity index (χ2v) is 4.43. The van der Waals surface area contributed by atoms with E-state index in [0.717, 1.165) is 12.3 Å². The number of fused-ring (bicyclic) bond motifs is 1. The number of hydrogen-bond acceptors (Lipinski definition) is 1. The van der Waals surface area contributed by atoms with E-state index in [4.69, 9.17) is 0 Å². The van der Waals surface area contributed by atoms with Crippen molar-refractivity contribution in [2.75, 3.05) is 0 Å². The average molecular weight is 178 g/mol. The molecular formula is C11H18N2. The molecule has 0 radical (unpaired) electrons. The van der Waals surface area contributed by atoms with E-state index in [9.17, 15) is 0 Å². The lowest BCUT2D eigenvalue weighted by atomic mass is 9.93. The van der Waals surface area contributed by atoms with Crippen LogP contribution in [0.5, 0.6) is 0 Å². The Morgan fingerprint density at radius 1 is 1.31 bits per heavy atom. The zero-order valence-corrected chi connectivity index (χ0v) is 8.56. The Hall–Kier alpha value is -0.790. The number of hydrogen-bond donors (Lipinski definition) is 1. The molecule has 1 aliphatic carbocycles. The molecule has 2 nitrogen and oxygen atoms in total. The van der Waals surface area contributed by atoms with Gasteiger partial charge in [0.2, 0.25) is 0 Å². The van der Waals surface area contributed by atoms with Crippen LogP contribution in [0.25, 0.3) is 0 Å². The Kier molecular flexibility index (Phi) is 2.38. The van der Waals surface area contributed by atoms with Gasteiger partial charge in [-0.1, -0.05) is 13.8 Å². The van der Waals surface area contributed by atoms with E-state index in [-0.39, 0.29) is 0 Å². The van der Waals surface area contributed by atoms with E-state index in [2.05, 4.69) is 24.0 Å². The first-order chi connectivity index (χ1) is 6.27. The average Bonchev–Trinajstić information content (AvgIpc) is 2.48. The minimum atomic E-state index is 0.728. The van der Waals surface area contributed by atoms with Crippen LogP contribution in [0.4, 0.5) is 0 Å². The number of H-pyrrole nitrogens is 1. The lowest BCUT2D eigenvalue weighted by Crippen LogP contribution is -2.04. The molecule has 1 N–H and O–H groups in total. The van der Waals surface area contributed by atoms with Crippen molar-refractivity contribution in [3.05, 3.63) is 17.0 Å². The van der Waals surface area contributed by atoms with Gasteiger partial charge in [0, 0.05) is 5.69 Å². The van der Waals surface area contributed by atoms with E-state index >= 15 is 0 Å². The maximum absolute atomic E-state index is 4.38. The minimum absolute atomic E-state index is 0.728. The molecule has 72 valence electrons. The van der Waals surface area contributed by atoms with Gasteiger partial charge < -0.3 is 0 Å². The topological polar surface area (TPSA) is 28.7 Å². The van der Waals surface area contributed by atoms with Crippen molar-refractivity contribution < 1.29 is 0 Å². The molecule has 2 rings (SSSR count). The van der Waals surface area contributed by atoms with Crippen LogP contribution in [0.15, 0.2) is 0 Å². The molecule has 1 heterocycles. The van der Waals surface area contributed by atoms with E-state index < -0.39 is 0 Å². The highest BCUT2D eigenvalue weighted by molar-refractivity contribution is 5.27. The predicted octanol–water partition coefficient (Wildman–Crippen LogP) is 2.49. The van der Waals surface area contributed by atoms with Gasteiger partial charge >= 0.3 is 0 Å². The highest BCUT2D eigenvalue weighted by atomic mass is 15.1. The summed E-state index contributed by atoms with van der Waals surface area (Å²) in [5.74, 6) is 0.728. The Labute approximate surface area is 79.7 Å². The number of nitrogens with one attached hydrogen (secondary N) is 1. The van der Waals surface area contributed by atoms with Crippen LogP contribution in [0.2, 0.25) is 0 Å². The van der Waals surface area contributed by atoms with Crippen LogP contribution >= 0.6 is 0 Å². The third-order valence-electron chi connectivity index (χ3n) is 2.74. The van der Waals surface area contributed by atoms with Gasteiger partial charge in [-0.25, -0.2) is 0 Å². The maximum atomic E-state index is 4.38. The Morgan fingerprint density at radius 2 is 2.08 bits per heavy atom. The van der Waals surface area contributed by atoms with Crippen molar-refractivity contribution in [3.63, 3.8) is 0 Å². The number of nitrogens with zero attached hydrogens (tertiary/aromatic N) is 1. The number of aromatic amines is 1. The second kappa shape index (κ2) is 3.52. The summed E-state index contributed by atoms with van der Waals surface area (Å²) in [6.07, 6.45) is 6.25. The summed E-state index contributed by atoms with van der Waals surface area (Å²) < 4.78 is 0. The Balaban J connectivity index is 2.21. The summed E-state index contributed by atoms with van der Waals surface area (Å²) in [5, 5.41) is 7.58. The molecule has 0 aromatic carbocycles. The number of aromatic nitrogens is 2. The summed E-state index contributed by atoms with van der Waals surface area (Å²) >= 11 is 0. The van der Waals surface area contributed by atoms with Crippen molar-refractivity contribution in [3.8, 4) is 0 Å². The van der Waals surface area contributed by atoms with Gasteiger partial charge in [0.1, 0.15) is 0 Å². The SMILES string of the molecule is CC(C)Cc1[nH]nc2c1CCCC2. The van der Waals surface area contributed by atoms with Gasteiger partial charge in [0.15, 0.2) is 0 Å². The summed E-state index contributed by atoms with van der Waals surface area (Å²) in [7, 11) is 0. The summed E-state index contributed by atoms with van der Waals surface area (Å²) in [6, 6.07) is 0. The third kappa shape index (κ3) is 1.77. The first-order valence-electron chi connectivity index (χ1n) is 5.32. The van der Waals surface area contributed by atoms with E-state index in [1.54, 1.807) is 0 Å². The van der Waals surface area contributed by atoms with Crippen LogP contribution in [0.3, 0.4) is 0 Å². The van der Waals surface area contributed by atoms with Gasteiger partial charge in [-0.05, 0) is 43.6 Å². The molecule has 0 amide bonds. The van der Waals surface area contributed by atoms with Crippen LogP contribution in [-0.2, 0) is 19.3 Å². The van der Waals surface area contributed by atoms with Gasteiger partial charge in [-0.15, -0.1) is 0 Å². The summed E-state index contributed by atoms with van der Waals surface area (Å²) in [5.41, 5.74) is 4.26. The smallest absolute Gasteiger partial charge is 0.0656 e. The summed E-state index contributed by atoms with van der Waals surface area (Å²) in [6.45, 7) is 4.52. The molecule has 0 unspecified atom stereocenters. The van der Waals surface area contributed by atoms with Crippen LogP contribution in [0.1, 0.15) is 43.6 Å². The molecule has 13 heavy (non-hydrogen) atoms. The van der Waals surface area contributed by atoms with E-state index in [0.29, 0.717) is 0 Å². The molecule has 1 aromatic rings. The molecule has 0 atom stereocenters. The fourth-order valence-corrected chi connectivity index (χ4v) is 2.12. The fourth-order valence-electron chi connectivity index (χ4n) is 2.12. The highest BCUT2D eigenvalue weighted by Crippen LogP contribution is 2.23. The molecule has 0 saturated carbocycles. The van der Waals surface area contributed by atoms with Crippen molar-refractivity contribution in [2.45, 2.75) is 46.0 Å². The minimum Gasteiger partial charge on any atom is -0.282 e. The standard InChI is InChI=1S/C11H18N2/c1-8(2)7-11-9-5-3-4-6-10(9)12-13-11/h8H,3-7H2,1-2H3,(H,12,13). The molecule has 1 aromatic heterocycles. The lowest BCUT2D eigenvalue weighted by Gasteiger charge is -2.11. The fraction of sp³-hybridized carbons (Fsp3) is 0.727. The molecule has 0 bridgehead atoms. The molecule has 0 saturated heterocycles. The van der Waals surface area contributed by atoms with Crippen LogP contribution in [-0.4, -0.2) is 10.2 Å². The molecule has 0 fully saturated rings. The lowest BCUT2D eigenvalue weighted by molar-refractivity contribution is 0.622. The maximum Gasteiger partial charge on any atom is 0.0656 e. The second-order valence-electron chi connectivity index (χ2n) is 4.43. The van der Waals surface area contributed by atoms with Gasteiger partial charge in [0.05, 0.1) is 5.69 Å². The Morgan fingerprint density at radius 3 is 2.85 bits per heavy atom. The monoisotopic (exact) mass is 178 g/mol. The van der Waals surface area contributed by atoms with Crippen molar-refractivity contribution >= 4 is 0 Å². The highest BCUT2D eigenvalue weighted by Gasteiger charge is 2.16. The van der Waals surface area contributed by atoms with Crippen LogP contribution in [0, 0.1) is 5.92 Å². The molecule has 0 aliphatic heterocycles. The van der Waals surface area contributed by atoms with Gasteiger partial charge in [0.25, 0.3) is 0 Å². The first-order valence-corrected chi connectivity index (χ1v) is 5.32. The molecule has 1 aliphatic rings. The largest absolute Gasteiger partial charge is 0.282 e. The zero-order valence-electron chi connectivity index (χ0n) is 8.56. The molecular weight excluding hydrogens is 160 g/mol. The van der Waals surface area contributed by atoms with E-state index in [1.165, 1.54) is 42.6 Å². The third-order valence-corrected chi connectivity index (χ3v) is 2.74. The van der Waals surface area contributed by atoms with Crippen molar-refractivity contribution in [1.29, 1.82) is 0 Å². The van der Waals surface area contributed by atoms with Crippen molar-refractivity contribution in [1.82, 2.24) is 10.2 Å². The van der Waals surface area contributed by atoms with Gasteiger partial charge in [-0.2, -0.15) is 5.10 Å². The summed E-state index contributed by atoms with van der Waals surface area (Å²) in [4.78, 5) is 0.